The highest BCUT2D eigenvalue weighted by Crippen LogP contribution is 2.23. The predicted octanol–water partition coefficient (Wildman–Crippen LogP) is 4.65. The smallest absolute Gasteiger partial charge is 0.278 e. The van der Waals surface area contributed by atoms with E-state index in [1.807, 2.05) is 38.1 Å². The Hall–Kier alpha value is -3.10. The number of nitrogens with zero attached hydrogens (tertiary/aromatic N) is 5. The van der Waals surface area contributed by atoms with E-state index in [9.17, 15) is 4.79 Å². The fraction of sp³-hybridized carbons (Fsp3) is 0.238. The summed E-state index contributed by atoms with van der Waals surface area (Å²) in [6, 6.07) is 7.53. The lowest BCUT2D eigenvalue weighted by molar-refractivity contribution is 0.101. The van der Waals surface area contributed by atoms with E-state index in [1.54, 1.807) is 28.7 Å². The van der Waals surface area contributed by atoms with Crippen molar-refractivity contribution in [3.63, 3.8) is 0 Å². The third-order valence-corrected chi connectivity index (χ3v) is 5.71. The molecule has 8 nitrogen and oxygen atoms in total. The van der Waals surface area contributed by atoms with Gasteiger partial charge in [0.25, 0.3) is 5.91 Å². The van der Waals surface area contributed by atoms with Crippen molar-refractivity contribution in [2.75, 3.05) is 5.32 Å². The Morgan fingerprint density at radius 3 is 2.71 bits per heavy atom. The van der Waals surface area contributed by atoms with E-state index >= 15 is 0 Å². The highest BCUT2D eigenvalue weighted by atomic mass is 35.5. The van der Waals surface area contributed by atoms with Gasteiger partial charge in [0.15, 0.2) is 5.69 Å². The Bertz CT molecular complexity index is 1260. The number of nitrogens with one attached hydrogen (secondary N) is 1. The Morgan fingerprint density at radius 1 is 1.19 bits per heavy atom. The largest absolute Gasteiger partial charge is 0.361 e. The number of hydrogen-bond donors (Lipinski definition) is 1. The summed E-state index contributed by atoms with van der Waals surface area (Å²) in [7, 11) is 0. The molecule has 1 amide bonds. The van der Waals surface area contributed by atoms with E-state index in [2.05, 4.69) is 20.7 Å². The summed E-state index contributed by atoms with van der Waals surface area (Å²) in [6.07, 6.45) is 3.32. The van der Waals surface area contributed by atoms with E-state index < -0.39 is 0 Å². The molecule has 0 aliphatic rings. The molecule has 0 fully saturated rings. The van der Waals surface area contributed by atoms with Crippen LogP contribution in [0.3, 0.4) is 0 Å². The molecule has 0 bridgehead atoms. The van der Waals surface area contributed by atoms with Gasteiger partial charge in [-0.1, -0.05) is 40.5 Å². The van der Waals surface area contributed by atoms with Crippen LogP contribution in [-0.4, -0.2) is 30.6 Å². The third kappa shape index (κ3) is 4.50. The number of anilines is 1. The molecule has 0 saturated carbocycles. The fourth-order valence-corrected chi connectivity index (χ4v) is 3.61. The molecule has 4 rings (SSSR count). The van der Waals surface area contributed by atoms with Crippen molar-refractivity contribution >= 4 is 34.8 Å². The number of aryl methyl sites for hydroxylation is 2. The normalized spacial score (nSPS) is 11.1. The number of aromatic nitrogens is 5. The van der Waals surface area contributed by atoms with Crippen LogP contribution in [0.4, 0.5) is 5.69 Å². The monoisotopic (exact) mass is 458 g/mol. The lowest BCUT2D eigenvalue weighted by Crippen LogP contribution is -2.16. The van der Waals surface area contributed by atoms with Crippen LogP contribution in [0.2, 0.25) is 10.0 Å². The summed E-state index contributed by atoms with van der Waals surface area (Å²) in [5, 5.41) is 16.7. The van der Waals surface area contributed by atoms with Gasteiger partial charge in [-0.25, -0.2) is 0 Å². The molecule has 0 aliphatic heterocycles. The Labute approximate surface area is 188 Å². The molecule has 4 aromatic rings. The van der Waals surface area contributed by atoms with Gasteiger partial charge in [0, 0.05) is 16.8 Å². The highest BCUT2D eigenvalue weighted by Gasteiger charge is 2.22. The van der Waals surface area contributed by atoms with Crippen molar-refractivity contribution in [1.82, 2.24) is 24.7 Å². The Balaban J connectivity index is 1.50. The molecule has 0 unspecified atom stereocenters. The second kappa shape index (κ2) is 8.56. The first-order valence-corrected chi connectivity index (χ1v) is 10.3. The number of rotatable bonds is 6. The van der Waals surface area contributed by atoms with Gasteiger partial charge in [-0.05, 0) is 38.5 Å². The number of carbonyl (C=O) groups is 1. The fourth-order valence-electron chi connectivity index (χ4n) is 3.26. The van der Waals surface area contributed by atoms with Crippen LogP contribution >= 0.6 is 23.2 Å². The average molecular weight is 459 g/mol. The van der Waals surface area contributed by atoms with E-state index in [0.29, 0.717) is 40.1 Å². The lowest BCUT2D eigenvalue weighted by Gasteiger charge is -2.06. The molecule has 3 heterocycles. The van der Waals surface area contributed by atoms with Crippen LogP contribution in [0.1, 0.15) is 38.8 Å². The first-order valence-electron chi connectivity index (χ1n) is 9.54. The van der Waals surface area contributed by atoms with Crippen LogP contribution in [0.5, 0.6) is 0 Å². The van der Waals surface area contributed by atoms with Crippen molar-refractivity contribution < 1.29 is 9.32 Å². The molecular weight excluding hydrogens is 439 g/mol. The van der Waals surface area contributed by atoms with Crippen LogP contribution in [-0.2, 0) is 13.1 Å². The summed E-state index contributed by atoms with van der Waals surface area (Å²) in [4.78, 5) is 12.9. The maximum absolute atomic E-state index is 12.9. The molecule has 3 aromatic heterocycles. The molecule has 0 spiro atoms. The van der Waals surface area contributed by atoms with Gasteiger partial charge in [-0.2, -0.15) is 10.2 Å². The number of amides is 1. The maximum atomic E-state index is 12.9. The van der Waals surface area contributed by atoms with Gasteiger partial charge < -0.3 is 9.84 Å². The lowest BCUT2D eigenvalue weighted by atomic mass is 10.2. The summed E-state index contributed by atoms with van der Waals surface area (Å²) in [5.74, 6) is 0.160. The molecular formula is C21H20Cl2N6O2. The standard InChI is InChI=1S/C21H20Cl2N6O2/c1-12-19(23)13(2)29(26-12)11-18-14(3)31-27-20(18)21(30)25-17-8-24-28(10-17)9-15-5-4-6-16(22)7-15/h4-8,10H,9,11H2,1-3H3,(H,25,30). The van der Waals surface area contributed by atoms with Crippen molar-refractivity contribution in [1.29, 1.82) is 0 Å². The molecule has 0 saturated heterocycles. The molecule has 10 heteroatoms. The first kappa shape index (κ1) is 21.1. The SMILES string of the molecule is Cc1nn(Cc2c(C(=O)Nc3cnn(Cc4cccc(Cl)c4)c3)noc2C)c(C)c1Cl. The van der Waals surface area contributed by atoms with Gasteiger partial charge in [-0.15, -0.1) is 0 Å². The topological polar surface area (TPSA) is 90.8 Å². The number of halogens is 2. The van der Waals surface area contributed by atoms with Crippen LogP contribution in [0.25, 0.3) is 0 Å². The summed E-state index contributed by atoms with van der Waals surface area (Å²) < 4.78 is 8.73. The number of benzene rings is 1. The molecule has 31 heavy (non-hydrogen) atoms. The van der Waals surface area contributed by atoms with E-state index in [0.717, 1.165) is 17.0 Å². The number of carbonyl (C=O) groups excluding carboxylic acids is 1. The second-order valence-electron chi connectivity index (χ2n) is 7.22. The van der Waals surface area contributed by atoms with Crippen molar-refractivity contribution in [2.45, 2.75) is 33.9 Å². The van der Waals surface area contributed by atoms with Gasteiger partial charge in [0.2, 0.25) is 0 Å². The van der Waals surface area contributed by atoms with Crippen molar-refractivity contribution in [3.8, 4) is 0 Å². The average Bonchev–Trinajstić information content (AvgIpc) is 3.38. The summed E-state index contributed by atoms with van der Waals surface area (Å²) >= 11 is 12.3. The minimum atomic E-state index is -0.387. The second-order valence-corrected chi connectivity index (χ2v) is 8.03. The molecule has 0 aliphatic carbocycles. The zero-order valence-corrected chi connectivity index (χ0v) is 18.7. The molecule has 0 radical (unpaired) electrons. The van der Waals surface area contributed by atoms with Crippen LogP contribution in [0.15, 0.2) is 41.2 Å². The minimum Gasteiger partial charge on any atom is -0.361 e. The van der Waals surface area contributed by atoms with Gasteiger partial charge in [-0.3, -0.25) is 14.2 Å². The van der Waals surface area contributed by atoms with Crippen molar-refractivity contribution in [2.24, 2.45) is 0 Å². The Morgan fingerprint density at radius 2 is 2.00 bits per heavy atom. The molecule has 1 aromatic carbocycles. The number of hydrogen-bond acceptors (Lipinski definition) is 5. The van der Waals surface area contributed by atoms with Crippen LogP contribution < -0.4 is 5.32 Å². The quantitative estimate of drug-likeness (QED) is 0.453. The van der Waals surface area contributed by atoms with Crippen LogP contribution in [0, 0.1) is 20.8 Å². The van der Waals surface area contributed by atoms with Gasteiger partial charge in [0.05, 0.1) is 41.4 Å². The predicted molar refractivity (Wildman–Crippen MR) is 118 cm³/mol. The van der Waals surface area contributed by atoms with Crippen molar-refractivity contribution in [3.05, 3.63) is 80.7 Å². The highest BCUT2D eigenvalue weighted by molar-refractivity contribution is 6.31. The van der Waals surface area contributed by atoms with Gasteiger partial charge in [0.1, 0.15) is 5.76 Å². The van der Waals surface area contributed by atoms with E-state index in [4.69, 9.17) is 27.7 Å². The first-order chi connectivity index (χ1) is 14.8. The zero-order chi connectivity index (χ0) is 22.1. The molecule has 1 N–H and O–H groups in total. The minimum absolute atomic E-state index is 0.198. The molecule has 0 atom stereocenters. The Kier molecular flexibility index (Phi) is 5.84. The van der Waals surface area contributed by atoms with Gasteiger partial charge >= 0.3 is 0 Å². The third-order valence-electron chi connectivity index (χ3n) is 4.93. The summed E-state index contributed by atoms with van der Waals surface area (Å²) in [5.41, 5.74) is 3.94. The summed E-state index contributed by atoms with van der Waals surface area (Å²) in [6.45, 7) is 6.32. The maximum Gasteiger partial charge on any atom is 0.278 e. The van der Waals surface area contributed by atoms with E-state index in [-0.39, 0.29) is 11.6 Å². The zero-order valence-electron chi connectivity index (χ0n) is 17.2. The molecule has 160 valence electrons. The van der Waals surface area contributed by atoms with E-state index in [1.165, 1.54) is 0 Å².